The van der Waals surface area contributed by atoms with Gasteiger partial charge in [0.1, 0.15) is 11.5 Å². The molecule has 0 aromatic heterocycles. The van der Waals surface area contributed by atoms with Crippen LogP contribution in [0, 0.1) is 20.8 Å². The van der Waals surface area contributed by atoms with E-state index in [4.69, 9.17) is 11.6 Å². The fourth-order valence-electron chi connectivity index (χ4n) is 4.47. The first-order valence-electron chi connectivity index (χ1n) is 11.8. The van der Waals surface area contributed by atoms with Gasteiger partial charge in [-0.3, -0.25) is 14.5 Å². The molecule has 1 atom stereocenters. The van der Waals surface area contributed by atoms with Crippen molar-refractivity contribution in [2.75, 3.05) is 4.90 Å². The van der Waals surface area contributed by atoms with Gasteiger partial charge in [-0.05, 0) is 84.3 Å². The number of rotatable bonds is 3. The lowest BCUT2D eigenvalue weighted by atomic mass is 9.84. The van der Waals surface area contributed by atoms with Crippen LogP contribution >= 0.6 is 11.6 Å². The molecule has 1 fully saturated rings. The van der Waals surface area contributed by atoms with Crippen LogP contribution in [0.25, 0.3) is 5.76 Å². The molecule has 0 spiro atoms. The Morgan fingerprint density at radius 3 is 2.17 bits per heavy atom. The number of Topliss-reactive ketones (excluding diaryl/α,β-unsaturated/α-hetero) is 1. The molecule has 0 saturated carbocycles. The summed E-state index contributed by atoms with van der Waals surface area (Å²) in [5, 5.41) is 21.7. The summed E-state index contributed by atoms with van der Waals surface area (Å²) in [6, 6.07) is 14.9. The van der Waals surface area contributed by atoms with Crippen LogP contribution in [-0.4, -0.2) is 21.9 Å². The van der Waals surface area contributed by atoms with Crippen molar-refractivity contribution in [2.45, 2.75) is 53.0 Å². The standard InChI is InChI=1S/C30H30ClNO4/c1-16-8-11-21(13-18(16)3)32-26(19-9-12-24(33)23(31)14-19)25(28(35)29(32)36)27(34)22-15-20(30(4,5)6)10-7-17(22)2/h7-15,26,33-34H,1-6H3/b27-25+. The van der Waals surface area contributed by atoms with Crippen molar-refractivity contribution in [1.82, 2.24) is 0 Å². The third kappa shape index (κ3) is 4.40. The fraction of sp³-hybridized carbons (Fsp3) is 0.267. The molecule has 1 amide bonds. The Morgan fingerprint density at radius 2 is 1.56 bits per heavy atom. The van der Waals surface area contributed by atoms with Gasteiger partial charge >= 0.3 is 0 Å². The first-order chi connectivity index (χ1) is 16.8. The lowest BCUT2D eigenvalue weighted by molar-refractivity contribution is -0.132. The average molecular weight is 504 g/mol. The van der Waals surface area contributed by atoms with Gasteiger partial charge in [-0.2, -0.15) is 0 Å². The summed E-state index contributed by atoms with van der Waals surface area (Å²) in [4.78, 5) is 28.3. The van der Waals surface area contributed by atoms with E-state index in [0.29, 0.717) is 16.8 Å². The fourth-order valence-corrected chi connectivity index (χ4v) is 4.66. The van der Waals surface area contributed by atoms with Gasteiger partial charge in [-0.15, -0.1) is 0 Å². The van der Waals surface area contributed by atoms with E-state index in [2.05, 4.69) is 20.8 Å². The number of nitrogens with zero attached hydrogens (tertiary/aromatic N) is 1. The molecule has 6 heteroatoms. The summed E-state index contributed by atoms with van der Waals surface area (Å²) in [5.41, 5.74) is 5.11. The minimum atomic E-state index is -0.928. The summed E-state index contributed by atoms with van der Waals surface area (Å²) in [6.07, 6.45) is 0. The second-order valence-corrected chi connectivity index (χ2v) is 10.8. The largest absolute Gasteiger partial charge is 0.507 e. The molecule has 1 heterocycles. The Balaban J connectivity index is 2.01. The van der Waals surface area contributed by atoms with E-state index in [9.17, 15) is 19.8 Å². The third-order valence-electron chi connectivity index (χ3n) is 6.86. The number of amides is 1. The second kappa shape index (κ2) is 9.14. The van der Waals surface area contributed by atoms with Crippen LogP contribution in [-0.2, 0) is 15.0 Å². The molecule has 5 nitrogen and oxygen atoms in total. The number of carbonyl (C=O) groups excluding carboxylic acids is 2. The van der Waals surface area contributed by atoms with E-state index in [0.717, 1.165) is 22.3 Å². The number of aryl methyl sites for hydroxylation is 3. The number of anilines is 1. The third-order valence-corrected chi connectivity index (χ3v) is 7.16. The molecule has 0 radical (unpaired) electrons. The number of hydrogen-bond donors (Lipinski definition) is 2. The van der Waals surface area contributed by atoms with E-state index >= 15 is 0 Å². The van der Waals surface area contributed by atoms with E-state index < -0.39 is 17.7 Å². The molecule has 1 aliphatic heterocycles. The number of hydrogen-bond acceptors (Lipinski definition) is 4. The minimum absolute atomic E-state index is 0.0193. The molecule has 1 unspecified atom stereocenters. The SMILES string of the molecule is Cc1ccc(N2C(=O)C(=O)/C(=C(/O)c3cc(C(C)(C)C)ccc3C)C2c2ccc(O)c(Cl)c2)cc1C. The summed E-state index contributed by atoms with van der Waals surface area (Å²) in [6.45, 7) is 12.0. The van der Waals surface area contributed by atoms with Gasteiger partial charge in [0.25, 0.3) is 11.7 Å². The number of phenols is 1. The molecule has 1 saturated heterocycles. The van der Waals surface area contributed by atoms with Gasteiger partial charge in [0.2, 0.25) is 0 Å². The first-order valence-corrected chi connectivity index (χ1v) is 12.2. The summed E-state index contributed by atoms with van der Waals surface area (Å²) in [7, 11) is 0. The van der Waals surface area contributed by atoms with Crippen molar-refractivity contribution in [3.05, 3.63) is 98.6 Å². The summed E-state index contributed by atoms with van der Waals surface area (Å²) < 4.78 is 0. The number of halogens is 1. The van der Waals surface area contributed by atoms with E-state index in [-0.39, 0.29) is 27.5 Å². The highest BCUT2D eigenvalue weighted by molar-refractivity contribution is 6.51. The molecule has 186 valence electrons. The Labute approximate surface area is 216 Å². The zero-order chi connectivity index (χ0) is 26.5. The van der Waals surface area contributed by atoms with Crippen molar-refractivity contribution in [2.24, 2.45) is 0 Å². The molecular weight excluding hydrogens is 474 g/mol. The predicted molar refractivity (Wildman–Crippen MR) is 144 cm³/mol. The maximum absolute atomic E-state index is 13.5. The molecular formula is C30H30ClNO4. The summed E-state index contributed by atoms with van der Waals surface area (Å²) in [5.74, 6) is -1.87. The predicted octanol–water partition coefficient (Wildman–Crippen LogP) is 6.89. The highest BCUT2D eigenvalue weighted by Gasteiger charge is 2.47. The molecule has 1 aliphatic rings. The average Bonchev–Trinajstić information content (AvgIpc) is 3.07. The number of phenolic OH excluding ortho intramolecular Hbond substituents is 1. The lowest BCUT2D eigenvalue weighted by Gasteiger charge is -2.26. The van der Waals surface area contributed by atoms with Crippen molar-refractivity contribution < 1.29 is 19.8 Å². The Bertz CT molecular complexity index is 1430. The van der Waals surface area contributed by atoms with Gasteiger partial charge in [-0.1, -0.05) is 56.6 Å². The maximum atomic E-state index is 13.5. The van der Waals surface area contributed by atoms with E-state index in [1.165, 1.54) is 17.0 Å². The van der Waals surface area contributed by atoms with Crippen LogP contribution in [0.15, 0.2) is 60.2 Å². The highest BCUT2D eigenvalue weighted by atomic mass is 35.5. The van der Waals surface area contributed by atoms with Crippen LogP contribution < -0.4 is 4.90 Å². The summed E-state index contributed by atoms with van der Waals surface area (Å²) >= 11 is 6.23. The topological polar surface area (TPSA) is 77.8 Å². The first kappa shape index (κ1) is 25.5. The van der Waals surface area contributed by atoms with Crippen LogP contribution in [0.2, 0.25) is 5.02 Å². The van der Waals surface area contributed by atoms with Crippen LogP contribution in [0.5, 0.6) is 5.75 Å². The molecule has 36 heavy (non-hydrogen) atoms. The Hall–Kier alpha value is -3.57. The molecule has 0 aliphatic carbocycles. The van der Waals surface area contributed by atoms with Gasteiger partial charge in [0, 0.05) is 11.3 Å². The molecule has 2 N–H and O–H groups in total. The zero-order valence-electron chi connectivity index (χ0n) is 21.3. The van der Waals surface area contributed by atoms with E-state index in [1.807, 2.05) is 51.1 Å². The highest BCUT2D eigenvalue weighted by Crippen LogP contribution is 2.44. The van der Waals surface area contributed by atoms with Crippen LogP contribution in [0.3, 0.4) is 0 Å². The number of benzene rings is 3. The van der Waals surface area contributed by atoms with Crippen molar-refractivity contribution in [1.29, 1.82) is 0 Å². The minimum Gasteiger partial charge on any atom is -0.507 e. The lowest BCUT2D eigenvalue weighted by Crippen LogP contribution is -2.29. The number of aliphatic hydroxyl groups is 1. The number of aliphatic hydroxyl groups excluding tert-OH is 1. The molecule has 4 rings (SSSR count). The normalized spacial score (nSPS) is 17.6. The second-order valence-electron chi connectivity index (χ2n) is 10.4. The van der Waals surface area contributed by atoms with Crippen molar-refractivity contribution in [3.63, 3.8) is 0 Å². The number of carbonyl (C=O) groups is 2. The quantitative estimate of drug-likeness (QED) is 0.231. The number of aromatic hydroxyl groups is 1. The van der Waals surface area contributed by atoms with Gasteiger partial charge in [-0.25, -0.2) is 0 Å². The maximum Gasteiger partial charge on any atom is 0.300 e. The Morgan fingerprint density at radius 1 is 0.889 bits per heavy atom. The monoisotopic (exact) mass is 503 g/mol. The van der Waals surface area contributed by atoms with Gasteiger partial charge in [0.05, 0.1) is 16.6 Å². The molecule has 0 bridgehead atoms. The van der Waals surface area contributed by atoms with E-state index in [1.54, 1.807) is 12.1 Å². The zero-order valence-corrected chi connectivity index (χ0v) is 22.1. The van der Waals surface area contributed by atoms with Gasteiger partial charge in [0.15, 0.2) is 0 Å². The van der Waals surface area contributed by atoms with Crippen LogP contribution in [0.4, 0.5) is 5.69 Å². The van der Waals surface area contributed by atoms with Crippen molar-refractivity contribution in [3.8, 4) is 5.75 Å². The van der Waals surface area contributed by atoms with Gasteiger partial charge < -0.3 is 10.2 Å². The molecule has 3 aromatic rings. The molecule has 3 aromatic carbocycles. The Kier molecular flexibility index (Phi) is 6.48. The number of ketones is 1. The van der Waals surface area contributed by atoms with Crippen LogP contribution in [0.1, 0.15) is 60.2 Å². The smallest absolute Gasteiger partial charge is 0.300 e. The van der Waals surface area contributed by atoms with Crippen molar-refractivity contribution >= 4 is 34.7 Å².